The van der Waals surface area contributed by atoms with Crippen LogP contribution in [0.25, 0.3) is 0 Å². The Bertz CT molecular complexity index is 821. The lowest BCUT2D eigenvalue weighted by atomic mass is 9.80. The summed E-state index contributed by atoms with van der Waals surface area (Å²) < 4.78 is 15.6. The minimum absolute atomic E-state index is 0.0491. The number of aliphatic hydroxyl groups is 1. The van der Waals surface area contributed by atoms with Crippen LogP contribution in [0, 0.1) is 0 Å². The monoisotopic (exact) mass is 424 g/mol. The zero-order valence-electron chi connectivity index (χ0n) is 16.4. The van der Waals surface area contributed by atoms with Crippen molar-refractivity contribution in [3.05, 3.63) is 57.4 Å². The largest absolute Gasteiger partial charge is 0.466 e. The molecule has 9 heteroatoms. The smallest absolute Gasteiger partial charge is 0.336 e. The molecule has 1 aliphatic rings. The Labute approximate surface area is 174 Å². The third kappa shape index (κ3) is 5.36. The third-order valence-corrected chi connectivity index (χ3v) is 4.66. The number of nitrogens with one attached hydrogen (secondary N) is 1. The fourth-order valence-electron chi connectivity index (χ4n) is 3.13. The SMILES string of the molecule is COC(=O)C1=C(C)NC(COCCN)=C(C(=O)OCCO)C1c1ccccc1Cl. The van der Waals surface area contributed by atoms with Crippen LogP contribution in [0.1, 0.15) is 18.4 Å². The second-order valence-electron chi connectivity index (χ2n) is 6.20. The fraction of sp³-hybridized carbons (Fsp3) is 0.400. The van der Waals surface area contributed by atoms with Crippen molar-refractivity contribution in [1.82, 2.24) is 5.32 Å². The van der Waals surface area contributed by atoms with E-state index in [0.717, 1.165) is 0 Å². The molecular weight excluding hydrogens is 400 g/mol. The number of carbonyl (C=O) groups is 2. The number of dihydropyridines is 1. The van der Waals surface area contributed by atoms with Crippen molar-refractivity contribution in [2.24, 2.45) is 5.73 Å². The summed E-state index contributed by atoms with van der Waals surface area (Å²) in [5.41, 5.74) is 7.36. The van der Waals surface area contributed by atoms with Crippen LogP contribution < -0.4 is 11.1 Å². The van der Waals surface area contributed by atoms with Gasteiger partial charge in [0.1, 0.15) is 6.61 Å². The number of halogens is 1. The number of carbonyl (C=O) groups excluding carboxylic acids is 2. The number of allylic oxidation sites excluding steroid dienone is 1. The van der Waals surface area contributed by atoms with Crippen molar-refractivity contribution in [1.29, 1.82) is 0 Å². The topological polar surface area (TPSA) is 120 Å². The van der Waals surface area contributed by atoms with Crippen molar-refractivity contribution in [3.8, 4) is 0 Å². The summed E-state index contributed by atoms with van der Waals surface area (Å²) in [4.78, 5) is 25.5. The van der Waals surface area contributed by atoms with Crippen LogP contribution in [0.4, 0.5) is 0 Å². The first-order chi connectivity index (χ1) is 14.0. The maximum atomic E-state index is 12.9. The van der Waals surface area contributed by atoms with Crippen molar-refractivity contribution >= 4 is 23.5 Å². The maximum Gasteiger partial charge on any atom is 0.336 e. The lowest BCUT2D eigenvalue weighted by molar-refractivity contribution is -0.140. The van der Waals surface area contributed by atoms with E-state index in [1.807, 2.05) is 0 Å². The molecule has 8 nitrogen and oxygen atoms in total. The number of ether oxygens (including phenoxy) is 3. The van der Waals surface area contributed by atoms with E-state index in [4.69, 9.17) is 36.7 Å². The lowest BCUT2D eigenvalue weighted by Gasteiger charge is -2.31. The van der Waals surface area contributed by atoms with Gasteiger partial charge < -0.3 is 30.4 Å². The highest BCUT2D eigenvalue weighted by atomic mass is 35.5. The van der Waals surface area contributed by atoms with Crippen LogP contribution in [0.3, 0.4) is 0 Å². The van der Waals surface area contributed by atoms with E-state index in [2.05, 4.69) is 5.32 Å². The summed E-state index contributed by atoms with van der Waals surface area (Å²) in [6.07, 6.45) is 0. The number of aliphatic hydroxyl groups excluding tert-OH is 1. The standard InChI is InChI=1S/C20H25ClN2O6/c1-12-16(19(25)27-2)17(13-5-3-4-6-14(13)21)18(20(26)29-10-8-24)15(23-12)11-28-9-7-22/h3-6,17,23-24H,7-11,22H2,1-2H3. The molecule has 1 heterocycles. The van der Waals surface area contributed by atoms with Gasteiger partial charge in [-0.3, -0.25) is 0 Å². The van der Waals surface area contributed by atoms with Crippen molar-refractivity contribution in [3.63, 3.8) is 0 Å². The molecule has 158 valence electrons. The van der Waals surface area contributed by atoms with Gasteiger partial charge in [-0.2, -0.15) is 0 Å². The average molecular weight is 425 g/mol. The second-order valence-corrected chi connectivity index (χ2v) is 6.61. The van der Waals surface area contributed by atoms with Crippen LogP contribution in [0.15, 0.2) is 46.8 Å². The third-order valence-electron chi connectivity index (χ3n) is 4.32. The molecule has 29 heavy (non-hydrogen) atoms. The first-order valence-electron chi connectivity index (χ1n) is 9.05. The summed E-state index contributed by atoms with van der Waals surface area (Å²) in [5.74, 6) is -2.13. The lowest BCUT2D eigenvalue weighted by Crippen LogP contribution is -2.35. The quantitative estimate of drug-likeness (QED) is 0.400. The molecule has 0 aromatic heterocycles. The van der Waals surface area contributed by atoms with Gasteiger partial charge >= 0.3 is 11.9 Å². The number of hydrogen-bond donors (Lipinski definition) is 3. The molecule has 1 unspecified atom stereocenters. The Morgan fingerprint density at radius 3 is 2.55 bits per heavy atom. The van der Waals surface area contributed by atoms with Crippen molar-refractivity contribution in [2.45, 2.75) is 12.8 Å². The van der Waals surface area contributed by atoms with Crippen LogP contribution in [-0.2, 0) is 23.8 Å². The molecule has 0 saturated heterocycles. The first-order valence-corrected chi connectivity index (χ1v) is 9.43. The molecule has 2 rings (SSSR count). The Balaban J connectivity index is 2.65. The predicted molar refractivity (Wildman–Crippen MR) is 107 cm³/mol. The summed E-state index contributed by atoms with van der Waals surface area (Å²) >= 11 is 6.41. The van der Waals surface area contributed by atoms with Gasteiger partial charge in [0.25, 0.3) is 0 Å². The van der Waals surface area contributed by atoms with Crippen LogP contribution in [0.2, 0.25) is 5.02 Å². The number of hydrogen-bond acceptors (Lipinski definition) is 8. The van der Waals surface area contributed by atoms with Gasteiger partial charge in [-0.15, -0.1) is 0 Å². The van der Waals surface area contributed by atoms with Crippen LogP contribution >= 0.6 is 11.6 Å². The average Bonchev–Trinajstić information content (AvgIpc) is 2.71. The number of methoxy groups -OCH3 is 1. The predicted octanol–water partition coefficient (Wildman–Crippen LogP) is 1.24. The number of rotatable bonds is 9. The zero-order chi connectivity index (χ0) is 21.4. The Morgan fingerprint density at radius 2 is 1.93 bits per heavy atom. The molecular formula is C20H25ClN2O6. The molecule has 0 fully saturated rings. The van der Waals surface area contributed by atoms with Crippen LogP contribution in [-0.4, -0.2) is 57.1 Å². The van der Waals surface area contributed by atoms with Crippen molar-refractivity contribution < 1.29 is 28.9 Å². The van der Waals surface area contributed by atoms with E-state index in [0.29, 0.717) is 28.5 Å². The highest BCUT2D eigenvalue weighted by Gasteiger charge is 2.39. The van der Waals surface area contributed by atoms with E-state index in [9.17, 15) is 9.59 Å². The van der Waals surface area contributed by atoms with Gasteiger partial charge in [0, 0.05) is 17.3 Å². The molecule has 4 N–H and O–H groups in total. The van der Waals surface area contributed by atoms with E-state index in [-0.39, 0.29) is 37.6 Å². The summed E-state index contributed by atoms with van der Waals surface area (Å²) in [6.45, 7) is 1.83. The summed E-state index contributed by atoms with van der Waals surface area (Å²) in [5, 5.41) is 12.5. The second kappa shape index (κ2) is 11.0. The Hall–Kier alpha value is -2.39. The van der Waals surface area contributed by atoms with Crippen molar-refractivity contribution in [2.75, 3.05) is 40.1 Å². The minimum atomic E-state index is -0.833. The maximum absolute atomic E-state index is 12.9. The van der Waals surface area contributed by atoms with Gasteiger partial charge in [-0.1, -0.05) is 29.8 Å². The van der Waals surface area contributed by atoms with E-state index >= 15 is 0 Å². The molecule has 1 aliphatic heterocycles. The normalized spacial score (nSPS) is 16.5. The number of benzene rings is 1. The molecule has 0 saturated carbocycles. The van der Waals surface area contributed by atoms with E-state index < -0.39 is 17.9 Å². The zero-order valence-corrected chi connectivity index (χ0v) is 17.1. The fourth-order valence-corrected chi connectivity index (χ4v) is 3.37. The molecule has 0 bridgehead atoms. The highest BCUT2D eigenvalue weighted by Crippen LogP contribution is 2.41. The molecule has 0 aliphatic carbocycles. The van der Waals surface area contributed by atoms with Gasteiger partial charge in [0.05, 0.1) is 49.7 Å². The molecule has 1 aromatic carbocycles. The molecule has 0 amide bonds. The van der Waals surface area contributed by atoms with Gasteiger partial charge in [0.15, 0.2) is 0 Å². The summed E-state index contributed by atoms with van der Waals surface area (Å²) in [6, 6.07) is 6.91. The number of esters is 2. The number of nitrogens with two attached hydrogens (primary N) is 1. The molecule has 0 spiro atoms. The highest BCUT2D eigenvalue weighted by molar-refractivity contribution is 6.31. The first kappa shape index (κ1) is 22.9. The molecule has 0 radical (unpaired) electrons. The van der Waals surface area contributed by atoms with E-state index in [1.165, 1.54) is 7.11 Å². The Kier molecular flexibility index (Phi) is 8.66. The minimum Gasteiger partial charge on any atom is -0.466 e. The van der Waals surface area contributed by atoms with Gasteiger partial charge in [-0.25, -0.2) is 9.59 Å². The Morgan fingerprint density at radius 1 is 1.21 bits per heavy atom. The van der Waals surface area contributed by atoms with Crippen LogP contribution in [0.5, 0.6) is 0 Å². The van der Waals surface area contributed by atoms with E-state index in [1.54, 1.807) is 31.2 Å². The summed E-state index contributed by atoms with van der Waals surface area (Å²) in [7, 11) is 1.26. The van der Waals surface area contributed by atoms with Gasteiger partial charge in [0.2, 0.25) is 0 Å². The van der Waals surface area contributed by atoms with Gasteiger partial charge in [-0.05, 0) is 18.6 Å². The molecule has 1 aromatic rings. The molecule has 1 atom stereocenters.